The molecule has 1 amide bonds. The van der Waals surface area contributed by atoms with Crippen molar-refractivity contribution in [3.05, 3.63) is 0 Å². The van der Waals surface area contributed by atoms with Gasteiger partial charge in [-0.05, 0) is 12.8 Å². The zero-order valence-electron chi connectivity index (χ0n) is 6.49. The first-order chi connectivity index (χ1) is 5.66. The predicted molar refractivity (Wildman–Crippen MR) is 51.3 cm³/mol. The average molecular weight is 283 g/mol. The zero-order valence-corrected chi connectivity index (χ0v) is 8.65. The van der Waals surface area contributed by atoms with Gasteiger partial charge in [-0.2, -0.15) is 0 Å². The highest BCUT2D eigenvalue weighted by molar-refractivity contribution is 14.1. The molecular formula is C7H10INO3. The lowest BCUT2D eigenvalue weighted by Gasteiger charge is -2.19. The van der Waals surface area contributed by atoms with Crippen molar-refractivity contribution in [3.63, 3.8) is 0 Å². The van der Waals surface area contributed by atoms with Crippen molar-refractivity contribution < 1.29 is 14.7 Å². The van der Waals surface area contributed by atoms with Crippen molar-refractivity contribution in [2.45, 2.75) is 18.9 Å². The van der Waals surface area contributed by atoms with E-state index in [1.165, 1.54) is 4.90 Å². The van der Waals surface area contributed by atoms with E-state index in [1.54, 1.807) is 0 Å². The molecular weight excluding hydrogens is 273 g/mol. The molecule has 1 aliphatic heterocycles. The van der Waals surface area contributed by atoms with Gasteiger partial charge in [-0.15, -0.1) is 0 Å². The van der Waals surface area contributed by atoms with Crippen LogP contribution < -0.4 is 0 Å². The topological polar surface area (TPSA) is 57.6 Å². The Hall–Kier alpha value is -0.330. The van der Waals surface area contributed by atoms with E-state index in [9.17, 15) is 9.59 Å². The predicted octanol–water partition coefficient (Wildman–Crippen LogP) is 0.497. The van der Waals surface area contributed by atoms with Crippen molar-refractivity contribution in [1.29, 1.82) is 0 Å². The molecule has 0 radical (unpaired) electrons. The van der Waals surface area contributed by atoms with Gasteiger partial charge >= 0.3 is 5.97 Å². The molecule has 0 spiro atoms. The standard InChI is InChI=1S/C7H10INO3/c8-4-6(10)9-3-1-2-5(9)7(11)12/h5H,1-4H2,(H,11,12)/t5-/m0/s1. The fourth-order valence-corrected chi connectivity index (χ4v) is 1.84. The number of hydrogen-bond acceptors (Lipinski definition) is 2. The third kappa shape index (κ3) is 1.88. The number of carbonyl (C=O) groups is 2. The molecule has 1 rings (SSSR count). The SMILES string of the molecule is O=C(O)[C@@H]1CCCN1C(=O)CI. The summed E-state index contributed by atoms with van der Waals surface area (Å²) in [6.45, 7) is 0.596. The number of rotatable bonds is 2. The summed E-state index contributed by atoms with van der Waals surface area (Å²) in [6, 6.07) is -0.577. The molecule has 5 heteroatoms. The number of hydrogen-bond donors (Lipinski definition) is 1. The number of amides is 1. The van der Waals surface area contributed by atoms with Crippen molar-refractivity contribution in [2.75, 3.05) is 11.0 Å². The van der Waals surface area contributed by atoms with E-state index in [4.69, 9.17) is 5.11 Å². The van der Waals surface area contributed by atoms with Gasteiger partial charge in [0.1, 0.15) is 6.04 Å². The van der Waals surface area contributed by atoms with E-state index >= 15 is 0 Å². The number of carboxylic acids is 1. The molecule has 0 aromatic rings. The van der Waals surface area contributed by atoms with Crippen LogP contribution in [0.15, 0.2) is 0 Å². The Morgan fingerprint density at radius 1 is 1.58 bits per heavy atom. The van der Waals surface area contributed by atoms with E-state index in [0.29, 0.717) is 17.4 Å². The van der Waals surface area contributed by atoms with Crippen LogP contribution in [0.5, 0.6) is 0 Å². The van der Waals surface area contributed by atoms with Crippen LogP contribution in [0.25, 0.3) is 0 Å². The largest absolute Gasteiger partial charge is 0.480 e. The summed E-state index contributed by atoms with van der Waals surface area (Å²) in [5.74, 6) is -0.953. The Morgan fingerprint density at radius 3 is 2.75 bits per heavy atom. The Kier molecular flexibility index (Phi) is 3.30. The van der Waals surface area contributed by atoms with Gasteiger partial charge in [0, 0.05) is 6.54 Å². The second kappa shape index (κ2) is 4.06. The van der Waals surface area contributed by atoms with Crippen molar-refractivity contribution >= 4 is 34.5 Å². The molecule has 0 unspecified atom stereocenters. The Balaban J connectivity index is 2.63. The van der Waals surface area contributed by atoms with Gasteiger partial charge in [0.05, 0.1) is 4.43 Å². The van der Waals surface area contributed by atoms with Crippen molar-refractivity contribution in [3.8, 4) is 0 Å². The molecule has 1 atom stereocenters. The van der Waals surface area contributed by atoms with Crippen LogP contribution in [-0.4, -0.2) is 38.9 Å². The van der Waals surface area contributed by atoms with Gasteiger partial charge in [0.15, 0.2) is 0 Å². The summed E-state index contributed by atoms with van der Waals surface area (Å²) in [5, 5.41) is 8.73. The molecule has 68 valence electrons. The lowest BCUT2D eigenvalue weighted by atomic mass is 10.2. The fraction of sp³-hybridized carbons (Fsp3) is 0.714. The summed E-state index contributed by atoms with van der Waals surface area (Å²) >= 11 is 1.95. The molecule has 0 aliphatic carbocycles. The first-order valence-electron chi connectivity index (χ1n) is 3.75. The summed E-state index contributed by atoms with van der Waals surface area (Å²) in [6.07, 6.45) is 1.40. The second-order valence-corrected chi connectivity index (χ2v) is 3.48. The number of nitrogens with zero attached hydrogens (tertiary/aromatic N) is 1. The first kappa shape index (κ1) is 9.76. The maximum atomic E-state index is 11.2. The average Bonchev–Trinajstić information content (AvgIpc) is 2.50. The number of likely N-dealkylation sites (tertiary alicyclic amines) is 1. The lowest BCUT2D eigenvalue weighted by Crippen LogP contribution is -2.40. The van der Waals surface area contributed by atoms with Gasteiger partial charge in [0.25, 0.3) is 0 Å². The number of carboxylic acid groups (broad SMARTS) is 1. The molecule has 1 aliphatic rings. The number of halogens is 1. The number of alkyl halides is 1. The Labute approximate surface area is 84.1 Å². The molecule has 12 heavy (non-hydrogen) atoms. The minimum absolute atomic E-state index is 0.0690. The summed E-state index contributed by atoms with van der Waals surface area (Å²) in [4.78, 5) is 23.3. The van der Waals surface area contributed by atoms with E-state index in [1.807, 2.05) is 22.6 Å². The number of aliphatic carboxylic acids is 1. The number of carbonyl (C=O) groups excluding carboxylic acids is 1. The summed E-state index contributed by atoms with van der Waals surface area (Å²) in [5.41, 5.74) is 0. The minimum atomic E-state index is -0.884. The van der Waals surface area contributed by atoms with Gasteiger partial charge in [-0.1, -0.05) is 22.6 Å². The molecule has 1 heterocycles. The normalized spacial score (nSPS) is 22.8. The van der Waals surface area contributed by atoms with Crippen LogP contribution in [0.4, 0.5) is 0 Å². The monoisotopic (exact) mass is 283 g/mol. The van der Waals surface area contributed by atoms with E-state index in [0.717, 1.165) is 6.42 Å². The van der Waals surface area contributed by atoms with E-state index in [2.05, 4.69) is 0 Å². The first-order valence-corrected chi connectivity index (χ1v) is 5.27. The lowest BCUT2D eigenvalue weighted by molar-refractivity contribution is -0.147. The fourth-order valence-electron chi connectivity index (χ4n) is 1.40. The smallest absolute Gasteiger partial charge is 0.326 e. The highest BCUT2D eigenvalue weighted by Gasteiger charge is 2.32. The second-order valence-electron chi connectivity index (χ2n) is 2.72. The Bertz CT molecular complexity index is 207. The third-order valence-corrected chi connectivity index (χ3v) is 2.63. The van der Waals surface area contributed by atoms with Crippen LogP contribution >= 0.6 is 22.6 Å². The van der Waals surface area contributed by atoms with Crippen molar-refractivity contribution in [1.82, 2.24) is 4.90 Å². The quantitative estimate of drug-likeness (QED) is 0.593. The molecule has 0 saturated carbocycles. The van der Waals surface area contributed by atoms with Gasteiger partial charge in [-0.3, -0.25) is 4.79 Å². The molecule has 0 aromatic carbocycles. The zero-order chi connectivity index (χ0) is 9.14. The highest BCUT2D eigenvalue weighted by Crippen LogP contribution is 2.17. The third-order valence-electron chi connectivity index (χ3n) is 1.97. The van der Waals surface area contributed by atoms with Crippen molar-refractivity contribution in [2.24, 2.45) is 0 Å². The molecule has 0 aromatic heterocycles. The van der Waals surface area contributed by atoms with E-state index < -0.39 is 12.0 Å². The molecule has 1 saturated heterocycles. The molecule has 0 bridgehead atoms. The summed E-state index contributed by atoms with van der Waals surface area (Å²) in [7, 11) is 0. The molecule has 4 nitrogen and oxygen atoms in total. The molecule has 1 fully saturated rings. The maximum absolute atomic E-state index is 11.2. The summed E-state index contributed by atoms with van der Waals surface area (Å²) < 4.78 is 0.363. The highest BCUT2D eigenvalue weighted by atomic mass is 127. The molecule has 1 N–H and O–H groups in total. The van der Waals surface area contributed by atoms with Crippen LogP contribution in [0.2, 0.25) is 0 Å². The van der Waals surface area contributed by atoms with Crippen LogP contribution in [0.1, 0.15) is 12.8 Å². The van der Waals surface area contributed by atoms with Gasteiger partial charge in [-0.25, -0.2) is 4.79 Å². The van der Waals surface area contributed by atoms with E-state index in [-0.39, 0.29) is 5.91 Å². The Morgan fingerprint density at radius 2 is 2.25 bits per heavy atom. The minimum Gasteiger partial charge on any atom is -0.480 e. The van der Waals surface area contributed by atoms with Gasteiger partial charge in [0.2, 0.25) is 5.91 Å². The van der Waals surface area contributed by atoms with Crippen LogP contribution in [0.3, 0.4) is 0 Å². The van der Waals surface area contributed by atoms with Gasteiger partial charge < -0.3 is 10.0 Å². The van der Waals surface area contributed by atoms with Crippen LogP contribution in [-0.2, 0) is 9.59 Å². The van der Waals surface area contributed by atoms with Crippen LogP contribution in [0, 0.1) is 0 Å². The maximum Gasteiger partial charge on any atom is 0.326 e.